The fourth-order valence-electron chi connectivity index (χ4n) is 4.34. The van der Waals surface area contributed by atoms with E-state index in [2.05, 4.69) is 11.9 Å². The Morgan fingerprint density at radius 1 is 1.21 bits per heavy atom. The van der Waals surface area contributed by atoms with E-state index in [9.17, 15) is 0 Å². The first-order chi connectivity index (χ1) is 9.24. The summed E-state index contributed by atoms with van der Waals surface area (Å²) in [6.45, 7) is 1.78. The molecule has 2 aliphatic carbocycles. The second kappa shape index (κ2) is 5.71. The van der Waals surface area contributed by atoms with Crippen LogP contribution < -0.4 is 5.73 Å². The molecule has 19 heavy (non-hydrogen) atoms. The van der Waals surface area contributed by atoms with Crippen molar-refractivity contribution in [1.29, 1.82) is 0 Å². The van der Waals surface area contributed by atoms with Gasteiger partial charge in [0.2, 0.25) is 0 Å². The van der Waals surface area contributed by atoms with Gasteiger partial charge < -0.3 is 10.5 Å². The predicted octanol–water partition coefficient (Wildman–Crippen LogP) is 2.54. The lowest BCUT2D eigenvalue weighted by molar-refractivity contribution is -0.125. The number of nitrogens with zero attached hydrogens (tertiary/aromatic N) is 1. The molecule has 2 atom stereocenters. The molecule has 110 valence electrons. The van der Waals surface area contributed by atoms with Gasteiger partial charge in [-0.1, -0.05) is 19.3 Å². The second-order valence-corrected chi connectivity index (χ2v) is 7.04. The number of hydrogen-bond acceptors (Lipinski definition) is 3. The van der Waals surface area contributed by atoms with Crippen molar-refractivity contribution < 1.29 is 4.74 Å². The smallest absolute Gasteiger partial charge is 0.0697 e. The first-order valence-corrected chi connectivity index (χ1v) is 8.30. The van der Waals surface area contributed by atoms with E-state index < -0.39 is 0 Å². The zero-order valence-corrected chi connectivity index (χ0v) is 12.4. The van der Waals surface area contributed by atoms with E-state index in [0.717, 1.165) is 19.1 Å². The Labute approximate surface area is 117 Å². The molecule has 2 saturated carbocycles. The molecule has 3 fully saturated rings. The Bertz CT molecular complexity index is 292. The average molecular weight is 266 g/mol. The van der Waals surface area contributed by atoms with Crippen molar-refractivity contribution in [2.75, 3.05) is 20.2 Å². The Balaban J connectivity index is 1.63. The largest absolute Gasteiger partial charge is 0.375 e. The van der Waals surface area contributed by atoms with Crippen LogP contribution in [0.2, 0.25) is 0 Å². The van der Waals surface area contributed by atoms with Gasteiger partial charge in [-0.05, 0) is 51.5 Å². The molecule has 3 nitrogen and oxygen atoms in total. The predicted molar refractivity (Wildman–Crippen MR) is 78.1 cm³/mol. The number of hydrogen-bond donors (Lipinski definition) is 1. The quantitative estimate of drug-likeness (QED) is 0.850. The topological polar surface area (TPSA) is 38.5 Å². The normalized spacial score (nSPS) is 32.7. The maximum absolute atomic E-state index is 6.22. The molecule has 3 rings (SSSR count). The van der Waals surface area contributed by atoms with Crippen molar-refractivity contribution >= 4 is 0 Å². The summed E-state index contributed by atoms with van der Waals surface area (Å²) in [6.07, 6.45) is 11.9. The summed E-state index contributed by atoms with van der Waals surface area (Å²) in [6, 6.07) is 1.31. The second-order valence-electron chi connectivity index (χ2n) is 7.04. The maximum atomic E-state index is 6.22. The fraction of sp³-hybridized carbons (Fsp3) is 1.00. The molecule has 0 aromatic heterocycles. The van der Waals surface area contributed by atoms with Crippen LogP contribution in [0.15, 0.2) is 0 Å². The van der Waals surface area contributed by atoms with Gasteiger partial charge >= 0.3 is 0 Å². The number of rotatable bonds is 4. The summed E-state index contributed by atoms with van der Waals surface area (Å²) < 4.78 is 6.22. The molecule has 3 aliphatic rings. The monoisotopic (exact) mass is 266 g/mol. The van der Waals surface area contributed by atoms with Crippen LogP contribution in [-0.2, 0) is 4.74 Å². The Hall–Kier alpha value is -0.120. The van der Waals surface area contributed by atoms with E-state index in [1.165, 1.54) is 57.8 Å². The third kappa shape index (κ3) is 2.98. The Kier molecular flexibility index (Phi) is 4.16. The van der Waals surface area contributed by atoms with Crippen LogP contribution in [0.3, 0.4) is 0 Å². The van der Waals surface area contributed by atoms with Crippen LogP contribution in [0.5, 0.6) is 0 Å². The number of likely N-dealkylation sites (N-methyl/N-ethyl adjacent to an activating group) is 1. The van der Waals surface area contributed by atoms with Crippen LogP contribution in [0, 0.1) is 5.92 Å². The number of ether oxygens (including phenoxy) is 1. The average Bonchev–Trinajstić information content (AvgIpc) is 3.25. The molecule has 0 aromatic carbocycles. The van der Waals surface area contributed by atoms with Gasteiger partial charge in [0.25, 0.3) is 0 Å². The molecule has 0 aromatic rings. The maximum Gasteiger partial charge on any atom is 0.0697 e. The van der Waals surface area contributed by atoms with Gasteiger partial charge in [-0.3, -0.25) is 4.90 Å². The molecule has 0 radical (unpaired) electrons. The molecule has 2 N–H and O–H groups in total. The van der Waals surface area contributed by atoms with Crippen molar-refractivity contribution in [2.45, 2.75) is 75.5 Å². The standard InChI is InChI=1S/C16H30N2O/c1-18(15(12-17)13-5-6-13)14-7-10-19-16(11-14)8-3-2-4-9-16/h13-15H,2-12,17H2,1H3. The zero-order chi connectivity index (χ0) is 13.3. The lowest BCUT2D eigenvalue weighted by Gasteiger charge is -2.47. The van der Waals surface area contributed by atoms with Gasteiger partial charge in [-0.2, -0.15) is 0 Å². The highest BCUT2D eigenvalue weighted by Crippen LogP contribution is 2.42. The first kappa shape index (κ1) is 13.8. The van der Waals surface area contributed by atoms with Gasteiger partial charge in [-0.15, -0.1) is 0 Å². The SMILES string of the molecule is CN(C1CCOC2(CCCCC2)C1)C(CN)C1CC1. The van der Waals surface area contributed by atoms with E-state index in [1.54, 1.807) is 0 Å². The molecule has 1 saturated heterocycles. The summed E-state index contributed by atoms with van der Waals surface area (Å²) >= 11 is 0. The van der Waals surface area contributed by atoms with Crippen LogP contribution in [-0.4, -0.2) is 42.8 Å². The van der Waals surface area contributed by atoms with Crippen molar-refractivity contribution in [2.24, 2.45) is 11.7 Å². The van der Waals surface area contributed by atoms with E-state index in [4.69, 9.17) is 10.5 Å². The molecular formula is C16H30N2O. The lowest BCUT2D eigenvalue weighted by atomic mass is 9.77. The molecule has 1 spiro atoms. The van der Waals surface area contributed by atoms with Crippen LogP contribution in [0.25, 0.3) is 0 Å². The Morgan fingerprint density at radius 3 is 2.58 bits per heavy atom. The molecule has 2 unspecified atom stereocenters. The highest BCUT2D eigenvalue weighted by Gasteiger charge is 2.42. The third-order valence-corrected chi connectivity index (χ3v) is 5.74. The van der Waals surface area contributed by atoms with E-state index in [-0.39, 0.29) is 5.60 Å². The number of nitrogens with two attached hydrogens (primary N) is 1. The van der Waals surface area contributed by atoms with Crippen LogP contribution >= 0.6 is 0 Å². The summed E-state index contributed by atoms with van der Waals surface area (Å²) in [7, 11) is 2.31. The van der Waals surface area contributed by atoms with Crippen molar-refractivity contribution in [3.05, 3.63) is 0 Å². The summed E-state index contributed by atoms with van der Waals surface area (Å²) in [5, 5.41) is 0. The summed E-state index contributed by atoms with van der Waals surface area (Å²) in [4.78, 5) is 2.61. The Morgan fingerprint density at radius 2 is 1.95 bits per heavy atom. The van der Waals surface area contributed by atoms with Gasteiger partial charge in [0, 0.05) is 25.2 Å². The molecular weight excluding hydrogens is 236 g/mol. The summed E-state index contributed by atoms with van der Waals surface area (Å²) in [5.41, 5.74) is 6.24. The molecule has 0 bridgehead atoms. The van der Waals surface area contributed by atoms with Crippen molar-refractivity contribution in [3.8, 4) is 0 Å². The minimum absolute atomic E-state index is 0.220. The molecule has 0 amide bonds. The zero-order valence-electron chi connectivity index (χ0n) is 12.4. The van der Waals surface area contributed by atoms with Crippen molar-refractivity contribution in [1.82, 2.24) is 4.90 Å². The van der Waals surface area contributed by atoms with E-state index in [1.807, 2.05) is 0 Å². The summed E-state index contributed by atoms with van der Waals surface area (Å²) in [5.74, 6) is 0.875. The van der Waals surface area contributed by atoms with Crippen molar-refractivity contribution in [3.63, 3.8) is 0 Å². The highest BCUT2D eigenvalue weighted by molar-refractivity contribution is 4.96. The van der Waals surface area contributed by atoms with Gasteiger partial charge in [0.15, 0.2) is 0 Å². The van der Waals surface area contributed by atoms with Gasteiger partial charge in [0.1, 0.15) is 0 Å². The minimum atomic E-state index is 0.220. The third-order valence-electron chi connectivity index (χ3n) is 5.74. The van der Waals surface area contributed by atoms with Gasteiger partial charge in [0.05, 0.1) is 5.60 Å². The minimum Gasteiger partial charge on any atom is -0.375 e. The molecule has 1 heterocycles. The fourth-order valence-corrected chi connectivity index (χ4v) is 4.34. The van der Waals surface area contributed by atoms with Crippen LogP contribution in [0.1, 0.15) is 57.8 Å². The van der Waals surface area contributed by atoms with E-state index in [0.29, 0.717) is 12.1 Å². The molecule has 1 aliphatic heterocycles. The van der Waals surface area contributed by atoms with Gasteiger partial charge in [-0.25, -0.2) is 0 Å². The van der Waals surface area contributed by atoms with Crippen LogP contribution in [0.4, 0.5) is 0 Å². The van der Waals surface area contributed by atoms with E-state index >= 15 is 0 Å². The highest BCUT2D eigenvalue weighted by atomic mass is 16.5. The molecule has 3 heteroatoms. The first-order valence-electron chi connectivity index (χ1n) is 8.30. The lowest BCUT2D eigenvalue weighted by Crippen LogP contribution is -2.53.